The summed E-state index contributed by atoms with van der Waals surface area (Å²) in [4.78, 5) is 45.3. The van der Waals surface area contributed by atoms with Crippen LogP contribution in [0, 0.1) is 0 Å². The van der Waals surface area contributed by atoms with E-state index in [9.17, 15) is 34.1 Å². The second-order valence-electron chi connectivity index (χ2n) is 11.0. The van der Waals surface area contributed by atoms with Gasteiger partial charge in [-0.05, 0) is 44.9 Å². The van der Waals surface area contributed by atoms with Crippen LogP contribution in [0.5, 0.6) is 0 Å². The van der Waals surface area contributed by atoms with Crippen molar-refractivity contribution in [3.8, 4) is 0 Å². The Morgan fingerprint density at radius 1 is 0.733 bits per heavy atom. The highest BCUT2D eigenvalue weighted by atomic mass is 31.2. The Morgan fingerprint density at radius 3 is 1.93 bits per heavy atom. The first-order chi connectivity index (χ1) is 21.6. The van der Waals surface area contributed by atoms with E-state index in [1.165, 1.54) is 25.7 Å². The zero-order valence-electron chi connectivity index (χ0n) is 27.4. The van der Waals surface area contributed by atoms with E-state index in [0.717, 1.165) is 57.8 Å². The van der Waals surface area contributed by atoms with Gasteiger partial charge >= 0.3 is 19.8 Å². The third-order valence-electron chi connectivity index (χ3n) is 6.69. The van der Waals surface area contributed by atoms with Gasteiger partial charge in [-0.25, -0.2) is 9.36 Å². The average Bonchev–Trinajstić information content (AvgIpc) is 3.00. The summed E-state index contributed by atoms with van der Waals surface area (Å²) in [7, 11) is -4.74. The summed E-state index contributed by atoms with van der Waals surface area (Å²) in [6.07, 6.45) is 26.4. The molecule has 11 nitrogen and oxygen atoms in total. The van der Waals surface area contributed by atoms with Crippen molar-refractivity contribution < 1.29 is 47.8 Å². The number of carboxylic acids is 1. The van der Waals surface area contributed by atoms with Crippen molar-refractivity contribution in [2.24, 2.45) is 0 Å². The summed E-state index contributed by atoms with van der Waals surface area (Å²) in [6, 6.07) is -1.54. The summed E-state index contributed by atoms with van der Waals surface area (Å²) in [5, 5.41) is 21.6. The van der Waals surface area contributed by atoms with Gasteiger partial charge in [-0.15, -0.1) is 0 Å². The predicted molar refractivity (Wildman–Crippen MR) is 176 cm³/mol. The van der Waals surface area contributed by atoms with Gasteiger partial charge in [0.1, 0.15) is 12.7 Å². The zero-order valence-corrected chi connectivity index (χ0v) is 28.3. The Bertz CT molecular complexity index is 921. The highest BCUT2D eigenvalue weighted by molar-refractivity contribution is 7.47. The van der Waals surface area contributed by atoms with Crippen LogP contribution in [0.15, 0.2) is 36.5 Å². The molecule has 4 N–H and O–H groups in total. The summed E-state index contributed by atoms with van der Waals surface area (Å²) in [6.45, 7) is 2.35. The third kappa shape index (κ3) is 28.9. The Labute approximate surface area is 270 Å². The number of phosphoric acid groups is 1. The highest BCUT2D eigenvalue weighted by Gasteiger charge is 2.28. The molecule has 0 aliphatic carbocycles. The molecule has 0 heterocycles. The number of carbonyl (C=O) groups excluding carboxylic acids is 2. The average molecular weight is 660 g/mol. The normalized spacial score (nSPS) is 14.6. The van der Waals surface area contributed by atoms with Crippen LogP contribution in [0.25, 0.3) is 0 Å². The number of unbranched alkanes of at least 4 members (excludes halogenated alkanes) is 10. The van der Waals surface area contributed by atoms with Crippen molar-refractivity contribution in [2.75, 3.05) is 19.8 Å². The molecule has 45 heavy (non-hydrogen) atoms. The number of carbonyl (C=O) groups is 3. The van der Waals surface area contributed by atoms with Gasteiger partial charge in [-0.3, -0.25) is 18.6 Å². The number of allylic oxidation sites excluding steroid dienone is 6. The van der Waals surface area contributed by atoms with E-state index < -0.39 is 57.6 Å². The fraction of sp³-hybridized carbons (Fsp3) is 0.727. The lowest BCUT2D eigenvalue weighted by molar-refractivity contribution is -0.147. The number of aliphatic carboxylic acids is 1. The number of phosphoric ester groups is 1. The standard InChI is InChI=1S/C33H58NO10P/c1-3-5-7-9-11-13-14-15-16-17-19-21-23-25-32(37)42-26-29(35)27-43-45(40,41)44-28-30(33(38)39)34-31(36)24-22-20-18-12-10-8-6-4-2/h5,7,11,13,15-16,29-30,35H,3-4,6,8-10,12,14,17-28H2,1-2H3,(H,34,36)(H,38,39)(H,40,41)/b7-5-,13-11-,16-15-. The Morgan fingerprint density at radius 2 is 1.29 bits per heavy atom. The number of rotatable bonds is 30. The molecular weight excluding hydrogens is 601 g/mol. The van der Waals surface area contributed by atoms with Crippen molar-refractivity contribution in [3.05, 3.63) is 36.5 Å². The molecule has 0 aromatic carbocycles. The number of hydrogen-bond acceptors (Lipinski definition) is 8. The minimum atomic E-state index is -4.74. The Kier molecular flexibility index (Phi) is 27.6. The fourth-order valence-electron chi connectivity index (χ4n) is 4.09. The first kappa shape index (κ1) is 42.7. The van der Waals surface area contributed by atoms with Crippen LogP contribution in [0.1, 0.15) is 123 Å². The molecule has 0 spiro atoms. The third-order valence-corrected chi connectivity index (χ3v) is 7.64. The van der Waals surface area contributed by atoms with Gasteiger partial charge in [0.25, 0.3) is 0 Å². The van der Waals surface area contributed by atoms with Gasteiger partial charge in [0.15, 0.2) is 6.04 Å². The van der Waals surface area contributed by atoms with E-state index in [0.29, 0.717) is 12.8 Å². The SMILES string of the molecule is CC/C=C\C/C=C\C/C=C\CCCCCC(=O)OCC(O)COP(=O)(O)OCC(NC(=O)CCCCCCCCCC)C(=O)O. The molecule has 0 radical (unpaired) electrons. The molecule has 1 amide bonds. The first-order valence-corrected chi connectivity index (χ1v) is 18.0. The van der Waals surface area contributed by atoms with Gasteiger partial charge in [0.2, 0.25) is 5.91 Å². The maximum absolute atomic E-state index is 12.1. The monoisotopic (exact) mass is 659 g/mol. The van der Waals surface area contributed by atoms with Crippen LogP contribution in [0.2, 0.25) is 0 Å². The minimum Gasteiger partial charge on any atom is -0.480 e. The summed E-state index contributed by atoms with van der Waals surface area (Å²) >= 11 is 0. The maximum atomic E-state index is 12.1. The minimum absolute atomic E-state index is 0.143. The molecule has 0 aliphatic rings. The van der Waals surface area contributed by atoms with Crippen LogP contribution >= 0.6 is 7.82 Å². The van der Waals surface area contributed by atoms with E-state index in [1.54, 1.807) is 0 Å². The van der Waals surface area contributed by atoms with Crippen LogP contribution in [-0.2, 0) is 32.7 Å². The van der Waals surface area contributed by atoms with Gasteiger partial charge in [-0.2, -0.15) is 0 Å². The van der Waals surface area contributed by atoms with E-state index in [-0.39, 0.29) is 12.8 Å². The molecule has 0 aliphatic heterocycles. The van der Waals surface area contributed by atoms with Crippen molar-refractivity contribution in [1.29, 1.82) is 0 Å². The van der Waals surface area contributed by atoms with Crippen molar-refractivity contribution in [2.45, 2.75) is 135 Å². The lowest BCUT2D eigenvalue weighted by Crippen LogP contribution is -2.43. The fourth-order valence-corrected chi connectivity index (χ4v) is 4.86. The number of carboxylic acid groups (broad SMARTS) is 1. The molecule has 12 heteroatoms. The number of aliphatic hydroxyl groups excluding tert-OH is 1. The summed E-state index contributed by atoms with van der Waals surface area (Å²) in [5.74, 6) is -2.42. The largest absolute Gasteiger partial charge is 0.480 e. The topological polar surface area (TPSA) is 169 Å². The van der Waals surface area contributed by atoms with Gasteiger partial charge in [0, 0.05) is 12.8 Å². The molecule has 0 aromatic heterocycles. The molecule has 0 fully saturated rings. The van der Waals surface area contributed by atoms with Crippen LogP contribution in [0.4, 0.5) is 0 Å². The van der Waals surface area contributed by atoms with Crippen molar-refractivity contribution >= 4 is 25.7 Å². The van der Waals surface area contributed by atoms with Crippen LogP contribution in [0.3, 0.4) is 0 Å². The molecule has 3 unspecified atom stereocenters. The molecule has 0 rings (SSSR count). The number of aliphatic hydroxyl groups is 1. The molecule has 0 bridgehead atoms. The molecule has 3 atom stereocenters. The molecule has 0 saturated carbocycles. The summed E-state index contributed by atoms with van der Waals surface area (Å²) < 4.78 is 26.5. The molecule has 0 saturated heterocycles. The van der Waals surface area contributed by atoms with Crippen molar-refractivity contribution in [1.82, 2.24) is 5.32 Å². The van der Waals surface area contributed by atoms with E-state index >= 15 is 0 Å². The zero-order chi connectivity index (χ0) is 33.6. The number of amides is 1. The Balaban J connectivity index is 4.06. The first-order valence-electron chi connectivity index (χ1n) is 16.5. The van der Waals surface area contributed by atoms with Gasteiger partial charge in [0.05, 0.1) is 13.2 Å². The number of nitrogens with one attached hydrogen (secondary N) is 1. The number of ether oxygens (including phenoxy) is 1. The van der Waals surface area contributed by atoms with Gasteiger partial charge in [-0.1, -0.05) is 102 Å². The quantitative estimate of drug-likeness (QED) is 0.0274. The number of hydrogen-bond donors (Lipinski definition) is 4. The lowest BCUT2D eigenvalue weighted by atomic mass is 10.1. The second kappa shape index (κ2) is 29.1. The van der Waals surface area contributed by atoms with Crippen LogP contribution < -0.4 is 5.32 Å². The summed E-state index contributed by atoms with van der Waals surface area (Å²) in [5.41, 5.74) is 0. The highest BCUT2D eigenvalue weighted by Crippen LogP contribution is 2.43. The van der Waals surface area contributed by atoms with E-state index in [4.69, 9.17) is 13.8 Å². The van der Waals surface area contributed by atoms with E-state index in [1.807, 2.05) is 0 Å². The predicted octanol–water partition coefficient (Wildman–Crippen LogP) is 6.93. The number of esters is 1. The van der Waals surface area contributed by atoms with E-state index in [2.05, 4.69) is 55.6 Å². The molecular formula is C33H58NO10P. The molecule has 260 valence electrons. The maximum Gasteiger partial charge on any atom is 0.472 e. The van der Waals surface area contributed by atoms with Gasteiger partial charge < -0.3 is 25.2 Å². The lowest BCUT2D eigenvalue weighted by Gasteiger charge is -2.18. The van der Waals surface area contributed by atoms with Crippen molar-refractivity contribution in [3.63, 3.8) is 0 Å². The van der Waals surface area contributed by atoms with Crippen LogP contribution in [-0.4, -0.2) is 64.9 Å². The molecule has 0 aromatic rings. The second-order valence-corrected chi connectivity index (χ2v) is 12.4. The smallest absolute Gasteiger partial charge is 0.472 e. The Hall–Kier alpha value is -2.30.